The summed E-state index contributed by atoms with van der Waals surface area (Å²) in [6.07, 6.45) is 5.16. The Morgan fingerprint density at radius 3 is 3.17 bits per heavy atom. The lowest BCUT2D eigenvalue weighted by Gasteiger charge is -2.23. The molecule has 1 N–H and O–H groups in total. The van der Waals surface area contributed by atoms with Crippen LogP contribution in [0.5, 0.6) is 0 Å². The van der Waals surface area contributed by atoms with Crippen LogP contribution in [-0.4, -0.2) is 49.2 Å². The van der Waals surface area contributed by atoms with Crippen molar-refractivity contribution in [1.29, 1.82) is 0 Å². The molecule has 0 aliphatic carbocycles. The molecular formula is C11H19N3O3S. The van der Waals surface area contributed by atoms with Gasteiger partial charge in [0.25, 0.3) is 0 Å². The third-order valence-electron chi connectivity index (χ3n) is 3.05. The lowest BCUT2D eigenvalue weighted by molar-refractivity contribution is 0.187. The van der Waals surface area contributed by atoms with Gasteiger partial charge in [-0.3, -0.25) is 0 Å². The predicted octanol–water partition coefficient (Wildman–Crippen LogP) is 0.519. The van der Waals surface area contributed by atoms with Crippen LogP contribution in [0, 0.1) is 0 Å². The second-order valence-electron chi connectivity index (χ2n) is 4.53. The molecule has 1 atom stereocenters. The maximum Gasteiger partial charge on any atom is 0.203 e. The fourth-order valence-electron chi connectivity index (χ4n) is 2.14. The lowest BCUT2D eigenvalue weighted by Crippen LogP contribution is -2.35. The topological polar surface area (TPSA) is 73.2 Å². The van der Waals surface area contributed by atoms with E-state index in [1.54, 1.807) is 13.3 Å². The SMILES string of the molecule is COCCn1ccnc1NC1CCCS(=O)(=O)C1. The van der Waals surface area contributed by atoms with Gasteiger partial charge in [-0.25, -0.2) is 13.4 Å². The Hall–Kier alpha value is -1.08. The largest absolute Gasteiger partial charge is 0.383 e. The molecule has 1 fully saturated rings. The van der Waals surface area contributed by atoms with Crippen molar-refractivity contribution in [3.05, 3.63) is 12.4 Å². The minimum atomic E-state index is -2.89. The second kappa shape index (κ2) is 5.71. The van der Waals surface area contributed by atoms with Crippen LogP contribution in [0.3, 0.4) is 0 Å². The first-order valence-electron chi connectivity index (χ1n) is 6.08. The van der Waals surface area contributed by atoms with E-state index in [1.165, 1.54) is 0 Å². The summed E-state index contributed by atoms with van der Waals surface area (Å²) in [5, 5.41) is 3.21. The summed E-state index contributed by atoms with van der Waals surface area (Å²) in [4.78, 5) is 4.21. The molecule has 6 nitrogen and oxygen atoms in total. The molecule has 1 aromatic heterocycles. The molecule has 0 radical (unpaired) electrons. The van der Waals surface area contributed by atoms with Crippen molar-refractivity contribution in [3.8, 4) is 0 Å². The van der Waals surface area contributed by atoms with Crippen LogP contribution in [0.25, 0.3) is 0 Å². The van der Waals surface area contributed by atoms with E-state index in [0.717, 1.165) is 12.8 Å². The van der Waals surface area contributed by atoms with Gasteiger partial charge in [-0.15, -0.1) is 0 Å². The number of anilines is 1. The smallest absolute Gasteiger partial charge is 0.203 e. The highest BCUT2D eigenvalue weighted by molar-refractivity contribution is 7.91. The first kappa shape index (κ1) is 13.4. The van der Waals surface area contributed by atoms with Crippen LogP contribution < -0.4 is 5.32 Å². The van der Waals surface area contributed by atoms with Crippen molar-refractivity contribution < 1.29 is 13.2 Å². The number of hydrogen-bond donors (Lipinski definition) is 1. The standard InChI is InChI=1S/C11H19N3O3S/c1-17-7-6-14-5-4-12-11(14)13-10-3-2-8-18(15,16)9-10/h4-5,10H,2-3,6-9H2,1H3,(H,12,13). The monoisotopic (exact) mass is 273 g/mol. The van der Waals surface area contributed by atoms with E-state index in [-0.39, 0.29) is 11.8 Å². The van der Waals surface area contributed by atoms with Gasteiger partial charge in [0.15, 0.2) is 9.84 Å². The molecule has 0 amide bonds. The number of ether oxygens (including phenoxy) is 1. The molecule has 0 saturated carbocycles. The minimum Gasteiger partial charge on any atom is -0.383 e. The van der Waals surface area contributed by atoms with Gasteiger partial charge < -0.3 is 14.6 Å². The predicted molar refractivity (Wildman–Crippen MR) is 69.4 cm³/mol. The Balaban J connectivity index is 1.98. The van der Waals surface area contributed by atoms with Crippen LogP contribution in [-0.2, 0) is 21.1 Å². The highest BCUT2D eigenvalue weighted by atomic mass is 32.2. The number of methoxy groups -OCH3 is 1. The van der Waals surface area contributed by atoms with Gasteiger partial charge in [-0.05, 0) is 12.8 Å². The average molecular weight is 273 g/mol. The van der Waals surface area contributed by atoms with E-state index < -0.39 is 9.84 Å². The number of hydrogen-bond acceptors (Lipinski definition) is 5. The van der Waals surface area contributed by atoms with Crippen LogP contribution >= 0.6 is 0 Å². The maximum absolute atomic E-state index is 11.6. The van der Waals surface area contributed by atoms with Gasteiger partial charge >= 0.3 is 0 Å². The van der Waals surface area contributed by atoms with Crippen molar-refractivity contribution >= 4 is 15.8 Å². The summed E-state index contributed by atoms with van der Waals surface area (Å²) in [7, 11) is -1.24. The summed E-state index contributed by atoms with van der Waals surface area (Å²) < 4.78 is 30.1. The second-order valence-corrected chi connectivity index (χ2v) is 6.76. The molecule has 7 heteroatoms. The molecule has 2 rings (SSSR count). The highest BCUT2D eigenvalue weighted by Gasteiger charge is 2.25. The normalized spacial score (nSPS) is 22.8. The van der Waals surface area contributed by atoms with E-state index in [2.05, 4.69) is 10.3 Å². The molecule has 1 aliphatic rings. The van der Waals surface area contributed by atoms with Crippen molar-refractivity contribution in [1.82, 2.24) is 9.55 Å². The number of rotatable bonds is 5. The molecule has 1 saturated heterocycles. The highest BCUT2D eigenvalue weighted by Crippen LogP contribution is 2.16. The third-order valence-corrected chi connectivity index (χ3v) is 4.87. The molecule has 2 heterocycles. The first-order valence-corrected chi connectivity index (χ1v) is 7.90. The fourth-order valence-corrected chi connectivity index (χ4v) is 3.77. The van der Waals surface area contributed by atoms with Gasteiger partial charge in [-0.2, -0.15) is 0 Å². The van der Waals surface area contributed by atoms with Crippen LogP contribution in [0.15, 0.2) is 12.4 Å². The third kappa shape index (κ3) is 3.46. The summed E-state index contributed by atoms with van der Waals surface area (Å²) >= 11 is 0. The fraction of sp³-hybridized carbons (Fsp3) is 0.727. The van der Waals surface area contributed by atoms with E-state index >= 15 is 0 Å². The first-order chi connectivity index (χ1) is 8.61. The van der Waals surface area contributed by atoms with Gasteiger partial charge in [-0.1, -0.05) is 0 Å². The molecule has 0 aromatic carbocycles. The zero-order valence-electron chi connectivity index (χ0n) is 10.5. The van der Waals surface area contributed by atoms with Crippen LogP contribution in [0.1, 0.15) is 12.8 Å². The summed E-state index contributed by atoms with van der Waals surface area (Å²) in [6, 6.07) is -0.0348. The Kier molecular flexibility index (Phi) is 4.23. The molecule has 18 heavy (non-hydrogen) atoms. The van der Waals surface area contributed by atoms with Gasteiger partial charge in [0.1, 0.15) is 0 Å². The van der Waals surface area contributed by atoms with E-state index in [1.807, 2.05) is 10.8 Å². The molecule has 1 aliphatic heterocycles. The van der Waals surface area contributed by atoms with E-state index in [0.29, 0.717) is 24.9 Å². The Bertz CT molecular complexity index is 483. The number of imidazole rings is 1. The minimum absolute atomic E-state index is 0.0348. The van der Waals surface area contributed by atoms with E-state index in [9.17, 15) is 8.42 Å². The van der Waals surface area contributed by atoms with Gasteiger partial charge in [0.2, 0.25) is 5.95 Å². The summed E-state index contributed by atoms with van der Waals surface area (Å²) in [5.41, 5.74) is 0. The number of nitrogens with zero attached hydrogens (tertiary/aromatic N) is 2. The van der Waals surface area contributed by atoms with Gasteiger partial charge in [0.05, 0.1) is 18.1 Å². The molecule has 0 spiro atoms. The van der Waals surface area contributed by atoms with Crippen molar-refractivity contribution in [2.24, 2.45) is 0 Å². The summed E-state index contributed by atoms with van der Waals surface area (Å²) in [6.45, 7) is 1.31. The van der Waals surface area contributed by atoms with Gasteiger partial charge in [0, 0.05) is 32.1 Å². The Morgan fingerprint density at radius 1 is 1.61 bits per heavy atom. The Labute approximate surface area is 107 Å². The van der Waals surface area contributed by atoms with E-state index in [4.69, 9.17) is 4.74 Å². The maximum atomic E-state index is 11.6. The van der Waals surface area contributed by atoms with Crippen molar-refractivity contribution in [3.63, 3.8) is 0 Å². The zero-order valence-corrected chi connectivity index (χ0v) is 11.3. The van der Waals surface area contributed by atoms with Crippen LogP contribution in [0.2, 0.25) is 0 Å². The zero-order chi connectivity index (χ0) is 13.0. The van der Waals surface area contributed by atoms with Crippen molar-refractivity contribution in [2.45, 2.75) is 25.4 Å². The average Bonchev–Trinajstić information content (AvgIpc) is 2.72. The van der Waals surface area contributed by atoms with Crippen molar-refractivity contribution in [2.75, 3.05) is 30.5 Å². The number of aromatic nitrogens is 2. The molecule has 102 valence electrons. The number of nitrogens with one attached hydrogen (secondary N) is 1. The molecule has 1 aromatic rings. The van der Waals surface area contributed by atoms with Crippen LogP contribution in [0.4, 0.5) is 5.95 Å². The Morgan fingerprint density at radius 2 is 2.44 bits per heavy atom. The number of sulfone groups is 1. The lowest BCUT2D eigenvalue weighted by atomic mass is 10.2. The quantitative estimate of drug-likeness (QED) is 0.846. The molecule has 0 bridgehead atoms. The molecular weight excluding hydrogens is 254 g/mol. The molecule has 1 unspecified atom stereocenters. The summed E-state index contributed by atoms with van der Waals surface area (Å²) in [5.74, 6) is 1.22.